The van der Waals surface area contributed by atoms with Crippen molar-refractivity contribution < 1.29 is 4.74 Å². The lowest BCUT2D eigenvalue weighted by atomic mass is 10.1. The average molecular weight is 275 g/mol. The Labute approximate surface area is 119 Å². The lowest BCUT2D eigenvalue weighted by Gasteiger charge is -2.17. The zero-order valence-electron chi connectivity index (χ0n) is 11.3. The second-order valence-corrected chi connectivity index (χ2v) is 5.29. The molecule has 0 aliphatic carbocycles. The Morgan fingerprint density at radius 3 is 2.74 bits per heavy atom. The molecule has 1 unspecified atom stereocenters. The summed E-state index contributed by atoms with van der Waals surface area (Å²) in [6.45, 7) is 3.98. The van der Waals surface area contributed by atoms with Crippen LogP contribution in [0.5, 0.6) is 5.75 Å². The third-order valence-corrected chi connectivity index (χ3v) is 3.71. The zero-order chi connectivity index (χ0) is 13.3. The molecule has 0 bridgehead atoms. The van der Waals surface area contributed by atoms with Gasteiger partial charge < -0.3 is 10.1 Å². The van der Waals surface area contributed by atoms with Crippen LogP contribution in [0.15, 0.2) is 47.2 Å². The van der Waals surface area contributed by atoms with Crippen LogP contribution in [0.1, 0.15) is 31.4 Å². The highest BCUT2D eigenvalue weighted by molar-refractivity contribution is 7.07. The van der Waals surface area contributed by atoms with Gasteiger partial charge in [-0.1, -0.05) is 25.1 Å². The highest BCUT2D eigenvalue weighted by Crippen LogP contribution is 2.20. The maximum absolute atomic E-state index is 5.78. The third-order valence-electron chi connectivity index (χ3n) is 3.00. The molecule has 102 valence electrons. The van der Waals surface area contributed by atoms with E-state index in [2.05, 4.69) is 29.1 Å². The highest BCUT2D eigenvalue weighted by Gasteiger charge is 2.10. The fraction of sp³-hybridized carbons (Fsp3) is 0.375. The molecule has 2 nitrogen and oxygen atoms in total. The first-order valence-corrected chi connectivity index (χ1v) is 7.77. The van der Waals surface area contributed by atoms with Gasteiger partial charge in [0.2, 0.25) is 0 Å². The molecule has 2 aromatic rings. The first-order valence-electron chi connectivity index (χ1n) is 6.83. The molecule has 19 heavy (non-hydrogen) atoms. The van der Waals surface area contributed by atoms with Crippen molar-refractivity contribution in [2.24, 2.45) is 0 Å². The molecule has 1 N–H and O–H groups in total. The summed E-state index contributed by atoms with van der Waals surface area (Å²) in [6, 6.07) is 12.6. The van der Waals surface area contributed by atoms with Gasteiger partial charge in [-0.2, -0.15) is 11.3 Å². The minimum absolute atomic E-state index is 0.398. The molecule has 1 atom stereocenters. The van der Waals surface area contributed by atoms with Crippen LogP contribution in [0.3, 0.4) is 0 Å². The molecular weight excluding hydrogens is 254 g/mol. The van der Waals surface area contributed by atoms with Crippen LogP contribution in [-0.2, 0) is 0 Å². The Bertz CT molecular complexity index is 441. The monoisotopic (exact) mass is 275 g/mol. The van der Waals surface area contributed by atoms with Crippen molar-refractivity contribution in [3.63, 3.8) is 0 Å². The molecule has 1 heterocycles. The smallest absolute Gasteiger partial charge is 0.119 e. The quantitative estimate of drug-likeness (QED) is 0.777. The molecule has 0 radical (unpaired) electrons. The molecular formula is C16H21NOS. The number of rotatable bonds is 8. The molecule has 0 spiro atoms. The first-order chi connectivity index (χ1) is 9.40. The summed E-state index contributed by atoms with van der Waals surface area (Å²) in [6.07, 6.45) is 2.14. The van der Waals surface area contributed by atoms with Gasteiger partial charge in [0, 0.05) is 12.5 Å². The Morgan fingerprint density at radius 2 is 2.05 bits per heavy atom. The van der Waals surface area contributed by atoms with Gasteiger partial charge in [-0.25, -0.2) is 0 Å². The number of hydrogen-bond donors (Lipinski definition) is 1. The van der Waals surface area contributed by atoms with Crippen LogP contribution >= 0.6 is 11.3 Å². The number of benzene rings is 1. The van der Waals surface area contributed by atoms with Crippen molar-refractivity contribution in [1.29, 1.82) is 0 Å². The van der Waals surface area contributed by atoms with E-state index in [-0.39, 0.29) is 0 Å². The molecule has 0 aliphatic heterocycles. The molecule has 2 rings (SSSR count). The van der Waals surface area contributed by atoms with Gasteiger partial charge in [-0.15, -0.1) is 0 Å². The normalized spacial score (nSPS) is 12.3. The molecule has 0 aliphatic rings. The Morgan fingerprint density at radius 1 is 1.21 bits per heavy atom. The number of thiophene rings is 1. The van der Waals surface area contributed by atoms with Crippen LogP contribution in [0.25, 0.3) is 0 Å². The third kappa shape index (κ3) is 4.69. The van der Waals surface area contributed by atoms with Crippen molar-refractivity contribution >= 4 is 11.3 Å². The minimum atomic E-state index is 0.398. The number of para-hydroxylation sites is 1. The summed E-state index contributed by atoms with van der Waals surface area (Å²) < 4.78 is 5.78. The van der Waals surface area contributed by atoms with Gasteiger partial charge in [0.15, 0.2) is 0 Å². The van der Waals surface area contributed by atoms with E-state index in [0.717, 1.165) is 31.7 Å². The standard InChI is InChI=1S/C16H21NOS/c1-2-10-17-16(14-9-12-19-13-14)8-11-18-15-6-4-3-5-7-15/h3-7,9,12-13,16-17H,2,8,10-11H2,1H3. The molecule has 0 saturated heterocycles. The predicted molar refractivity (Wildman–Crippen MR) is 81.9 cm³/mol. The number of hydrogen-bond acceptors (Lipinski definition) is 3. The van der Waals surface area contributed by atoms with E-state index in [1.165, 1.54) is 5.56 Å². The maximum Gasteiger partial charge on any atom is 0.119 e. The fourth-order valence-corrected chi connectivity index (χ4v) is 2.70. The first kappa shape index (κ1) is 14.1. The largest absolute Gasteiger partial charge is 0.494 e. The summed E-state index contributed by atoms with van der Waals surface area (Å²) in [4.78, 5) is 0. The molecule has 0 saturated carbocycles. The van der Waals surface area contributed by atoms with E-state index >= 15 is 0 Å². The summed E-state index contributed by atoms with van der Waals surface area (Å²) in [5.41, 5.74) is 1.37. The SMILES string of the molecule is CCCNC(CCOc1ccccc1)c1ccsc1. The summed E-state index contributed by atoms with van der Waals surface area (Å²) in [5, 5.41) is 7.94. The second-order valence-electron chi connectivity index (χ2n) is 4.51. The van der Waals surface area contributed by atoms with E-state index in [4.69, 9.17) is 4.74 Å². The number of ether oxygens (including phenoxy) is 1. The van der Waals surface area contributed by atoms with Gasteiger partial charge in [-0.05, 0) is 47.5 Å². The van der Waals surface area contributed by atoms with E-state index in [1.807, 2.05) is 30.3 Å². The Balaban J connectivity index is 1.83. The van der Waals surface area contributed by atoms with Crippen LogP contribution in [0.4, 0.5) is 0 Å². The molecule has 0 amide bonds. The minimum Gasteiger partial charge on any atom is -0.494 e. The Hall–Kier alpha value is -1.32. The zero-order valence-corrected chi connectivity index (χ0v) is 12.2. The van der Waals surface area contributed by atoms with E-state index in [1.54, 1.807) is 11.3 Å². The van der Waals surface area contributed by atoms with Gasteiger partial charge in [0.25, 0.3) is 0 Å². The average Bonchev–Trinajstić information content (AvgIpc) is 2.98. The molecule has 3 heteroatoms. The summed E-state index contributed by atoms with van der Waals surface area (Å²) in [7, 11) is 0. The van der Waals surface area contributed by atoms with E-state index in [0.29, 0.717) is 6.04 Å². The van der Waals surface area contributed by atoms with Crippen molar-refractivity contribution in [1.82, 2.24) is 5.32 Å². The maximum atomic E-state index is 5.78. The van der Waals surface area contributed by atoms with Crippen LogP contribution in [0.2, 0.25) is 0 Å². The lowest BCUT2D eigenvalue weighted by Crippen LogP contribution is -2.23. The summed E-state index contributed by atoms with van der Waals surface area (Å²) in [5.74, 6) is 0.946. The number of nitrogens with one attached hydrogen (secondary N) is 1. The van der Waals surface area contributed by atoms with Gasteiger partial charge in [-0.3, -0.25) is 0 Å². The van der Waals surface area contributed by atoms with Gasteiger partial charge in [0.05, 0.1) is 6.61 Å². The predicted octanol–water partition coefficient (Wildman–Crippen LogP) is 4.26. The van der Waals surface area contributed by atoms with E-state index < -0.39 is 0 Å². The highest BCUT2D eigenvalue weighted by atomic mass is 32.1. The van der Waals surface area contributed by atoms with Crippen molar-refractivity contribution in [3.8, 4) is 5.75 Å². The van der Waals surface area contributed by atoms with Crippen molar-refractivity contribution in [2.75, 3.05) is 13.2 Å². The van der Waals surface area contributed by atoms with Gasteiger partial charge >= 0.3 is 0 Å². The van der Waals surface area contributed by atoms with Crippen LogP contribution in [-0.4, -0.2) is 13.2 Å². The Kier molecular flexibility index (Phi) is 5.92. The molecule has 1 aromatic heterocycles. The molecule has 0 fully saturated rings. The van der Waals surface area contributed by atoms with Crippen molar-refractivity contribution in [3.05, 3.63) is 52.7 Å². The fourth-order valence-electron chi connectivity index (χ4n) is 1.99. The summed E-state index contributed by atoms with van der Waals surface area (Å²) >= 11 is 1.75. The second kappa shape index (κ2) is 7.97. The topological polar surface area (TPSA) is 21.3 Å². The van der Waals surface area contributed by atoms with Crippen LogP contribution in [0, 0.1) is 0 Å². The van der Waals surface area contributed by atoms with Crippen LogP contribution < -0.4 is 10.1 Å². The van der Waals surface area contributed by atoms with Crippen molar-refractivity contribution in [2.45, 2.75) is 25.8 Å². The molecule has 1 aromatic carbocycles. The van der Waals surface area contributed by atoms with E-state index in [9.17, 15) is 0 Å². The lowest BCUT2D eigenvalue weighted by molar-refractivity contribution is 0.286. The van der Waals surface area contributed by atoms with Gasteiger partial charge in [0.1, 0.15) is 5.75 Å².